The number of pyridine rings is 1. The van der Waals surface area contributed by atoms with E-state index in [0.29, 0.717) is 0 Å². The maximum Gasteiger partial charge on any atom is 0.416 e. The van der Waals surface area contributed by atoms with Gasteiger partial charge in [0.15, 0.2) is 0 Å². The Morgan fingerprint density at radius 3 is 2.76 bits per heavy atom. The molecular weight excluding hydrogens is 237 g/mol. The van der Waals surface area contributed by atoms with Crippen LogP contribution in [0.2, 0.25) is 0 Å². The first kappa shape index (κ1) is 13.7. The maximum atomic E-state index is 12.4. The Balaban J connectivity index is 2.60. The van der Waals surface area contributed by atoms with Crippen LogP contribution in [0.25, 0.3) is 0 Å². The van der Waals surface area contributed by atoms with E-state index >= 15 is 0 Å². The van der Waals surface area contributed by atoms with Crippen LogP contribution < -0.4 is 10.2 Å². The van der Waals surface area contributed by atoms with Gasteiger partial charge in [-0.2, -0.15) is 18.7 Å². The molecule has 1 N–H and O–H groups in total. The predicted molar refractivity (Wildman–Crippen MR) is 54.3 cm³/mol. The van der Waals surface area contributed by atoms with E-state index < -0.39 is 11.7 Å². The Bertz CT molecular complexity index is 358. The van der Waals surface area contributed by atoms with Gasteiger partial charge in [-0.25, -0.2) is 4.98 Å². The van der Waals surface area contributed by atoms with Gasteiger partial charge in [-0.05, 0) is 13.0 Å². The first-order valence-electron chi connectivity index (χ1n) is 4.88. The summed E-state index contributed by atoms with van der Waals surface area (Å²) in [5.41, 5.74) is 1.80. The van der Waals surface area contributed by atoms with Crippen molar-refractivity contribution in [3.63, 3.8) is 0 Å². The van der Waals surface area contributed by atoms with Gasteiger partial charge in [0, 0.05) is 12.3 Å². The number of nitrogens with zero attached hydrogens (tertiary/aromatic N) is 1. The minimum atomic E-state index is -4.39. The van der Waals surface area contributed by atoms with Crippen LogP contribution in [0.5, 0.6) is 5.88 Å². The van der Waals surface area contributed by atoms with E-state index in [-0.39, 0.29) is 18.5 Å². The molecule has 96 valence electrons. The third kappa shape index (κ3) is 4.58. The largest absolute Gasteiger partial charge is 0.476 e. The van der Waals surface area contributed by atoms with Crippen LogP contribution in [0, 0.1) is 0 Å². The van der Waals surface area contributed by atoms with E-state index in [1.54, 1.807) is 6.92 Å². The molecule has 7 heteroatoms. The molecule has 0 aromatic carbocycles. The smallest absolute Gasteiger partial charge is 0.416 e. The van der Waals surface area contributed by atoms with E-state index in [0.717, 1.165) is 18.3 Å². The van der Waals surface area contributed by atoms with Gasteiger partial charge in [0.2, 0.25) is 5.88 Å². The van der Waals surface area contributed by atoms with Gasteiger partial charge in [0.05, 0.1) is 18.7 Å². The summed E-state index contributed by atoms with van der Waals surface area (Å²) in [5, 5.41) is 0. The van der Waals surface area contributed by atoms with Crippen molar-refractivity contribution in [2.24, 2.45) is 0 Å². The summed E-state index contributed by atoms with van der Waals surface area (Å²) in [5.74, 6) is -0.0652. The highest BCUT2D eigenvalue weighted by Gasteiger charge is 2.30. The molecule has 1 rings (SSSR count). The molecule has 1 aromatic heterocycles. The fourth-order valence-electron chi connectivity index (χ4n) is 1.11. The molecule has 17 heavy (non-hydrogen) atoms. The van der Waals surface area contributed by atoms with Crippen molar-refractivity contribution in [2.75, 3.05) is 13.7 Å². The zero-order valence-electron chi connectivity index (χ0n) is 9.41. The fourth-order valence-corrected chi connectivity index (χ4v) is 1.11. The lowest BCUT2D eigenvalue weighted by Gasteiger charge is -2.13. The van der Waals surface area contributed by atoms with E-state index in [4.69, 9.17) is 4.74 Å². The Morgan fingerprint density at radius 1 is 1.47 bits per heavy atom. The molecule has 1 heterocycles. The number of alkyl halides is 3. The molecule has 0 aliphatic heterocycles. The SMILES string of the molecule is CONC(C)COc1cc(C(F)(F)F)ccn1. The van der Waals surface area contributed by atoms with Crippen LogP contribution in [-0.4, -0.2) is 24.7 Å². The molecule has 0 aliphatic rings. The molecule has 0 saturated heterocycles. The molecule has 0 radical (unpaired) electrons. The highest BCUT2D eigenvalue weighted by atomic mass is 19.4. The summed E-state index contributed by atoms with van der Waals surface area (Å²) in [6.07, 6.45) is -3.33. The molecule has 1 unspecified atom stereocenters. The van der Waals surface area contributed by atoms with Gasteiger partial charge in [-0.1, -0.05) is 0 Å². The van der Waals surface area contributed by atoms with Gasteiger partial charge in [0.25, 0.3) is 0 Å². The molecule has 0 aliphatic carbocycles. The Labute approximate surface area is 96.7 Å². The number of aromatic nitrogens is 1. The van der Waals surface area contributed by atoms with Crippen LogP contribution in [0.4, 0.5) is 13.2 Å². The van der Waals surface area contributed by atoms with Crippen LogP contribution in [0.15, 0.2) is 18.3 Å². The lowest BCUT2D eigenvalue weighted by Crippen LogP contribution is -2.30. The maximum absolute atomic E-state index is 12.4. The van der Waals surface area contributed by atoms with Gasteiger partial charge in [0.1, 0.15) is 6.61 Å². The number of hydroxylamine groups is 1. The lowest BCUT2D eigenvalue weighted by molar-refractivity contribution is -0.137. The minimum Gasteiger partial charge on any atom is -0.476 e. The van der Waals surface area contributed by atoms with Crippen LogP contribution in [-0.2, 0) is 11.0 Å². The fraction of sp³-hybridized carbons (Fsp3) is 0.500. The number of hydrogen-bond acceptors (Lipinski definition) is 4. The number of ether oxygens (including phenoxy) is 1. The third-order valence-corrected chi connectivity index (χ3v) is 1.86. The van der Waals surface area contributed by atoms with E-state index in [9.17, 15) is 13.2 Å². The molecule has 1 atom stereocenters. The number of halogens is 3. The van der Waals surface area contributed by atoms with Gasteiger partial charge in [-0.15, -0.1) is 0 Å². The molecule has 0 bridgehead atoms. The molecule has 0 amide bonds. The van der Waals surface area contributed by atoms with E-state index in [2.05, 4.69) is 15.3 Å². The summed E-state index contributed by atoms with van der Waals surface area (Å²) in [7, 11) is 1.44. The molecule has 4 nitrogen and oxygen atoms in total. The van der Waals surface area contributed by atoms with Crippen molar-refractivity contribution in [1.29, 1.82) is 0 Å². The van der Waals surface area contributed by atoms with Crippen LogP contribution in [0.3, 0.4) is 0 Å². The van der Waals surface area contributed by atoms with Crippen LogP contribution >= 0.6 is 0 Å². The molecule has 0 saturated carbocycles. The second kappa shape index (κ2) is 5.83. The van der Waals surface area contributed by atoms with Crippen molar-refractivity contribution < 1.29 is 22.7 Å². The molecule has 1 aromatic rings. The van der Waals surface area contributed by atoms with Gasteiger partial charge >= 0.3 is 6.18 Å². The van der Waals surface area contributed by atoms with Gasteiger partial charge < -0.3 is 9.57 Å². The second-order valence-electron chi connectivity index (χ2n) is 3.41. The number of rotatable bonds is 5. The van der Waals surface area contributed by atoms with E-state index in [1.807, 2.05) is 0 Å². The molecular formula is C10H13F3N2O2. The average Bonchev–Trinajstić information content (AvgIpc) is 2.26. The Hall–Kier alpha value is -1.34. The lowest BCUT2D eigenvalue weighted by atomic mass is 10.2. The van der Waals surface area contributed by atoms with Gasteiger partial charge in [-0.3, -0.25) is 0 Å². The molecule has 0 fully saturated rings. The van der Waals surface area contributed by atoms with Crippen LogP contribution in [0.1, 0.15) is 12.5 Å². The average molecular weight is 250 g/mol. The zero-order chi connectivity index (χ0) is 12.9. The van der Waals surface area contributed by atoms with Crippen molar-refractivity contribution in [3.8, 4) is 5.88 Å². The first-order chi connectivity index (χ1) is 7.93. The standard InChI is InChI=1S/C10H13F3N2O2/c1-7(15-16-2)6-17-9-5-8(3-4-14-9)10(11,12)13/h3-5,7,15H,6H2,1-2H3. The number of hydrogen-bond donors (Lipinski definition) is 1. The minimum absolute atomic E-state index is 0.0652. The monoisotopic (exact) mass is 250 g/mol. The Kier molecular flexibility index (Phi) is 4.71. The van der Waals surface area contributed by atoms with E-state index in [1.165, 1.54) is 7.11 Å². The normalized spacial score (nSPS) is 13.5. The first-order valence-corrected chi connectivity index (χ1v) is 4.88. The van der Waals surface area contributed by atoms with Crippen molar-refractivity contribution in [3.05, 3.63) is 23.9 Å². The topological polar surface area (TPSA) is 43.4 Å². The van der Waals surface area contributed by atoms with Crippen molar-refractivity contribution >= 4 is 0 Å². The number of nitrogens with one attached hydrogen (secondary N) is 1. The Morgan fingerprint density at radius 2 is 2.18 bits per heavy atom. The van der Waals surface area contributed by atoms with Crippen molar-refractivity contribution in [2.45, 2.75) is 19.1 Å². The van der Waals surface area contributed by atoms with Crippen molar-refractivity contribution in [1.82, 2.24) is 10.5 Å². The summed E-state index contributed by atoms with van der Waals surface area (Å²) in [6.45, 7) is 1.92. The zero-order valence-corrected chi connectivity index (χ0v) is 9.41. The highest BCUT2D eigenvalue weighted by Crippen LogP contribution is 2.30. The molecule has 0 spiro atoms. The predicted octanol–water partition coefficient (Wildman–Crippen LogP) is 2.02. The highest BCUT2D eigenvalue weighted by molar-refractivity contribution is 5.22. The summed E-state index contributed by atoms with van der Waals surface area (Å²) in [4.78, 5) is 8.33. The second-order valence-corrected chi connectivity index (χ2v) is 3.41. The summed E-state index contributed by atoms with van der Waals surface area (Å²) in [6, 6.07) is 1.60. The quantitative estimate of drug-likeness (QED) is 0.812. The summed E-state index contributed by atoms with van der Waals surface area (Å²) >= 11 is 0. The third-order valence-electron chi connectivity index (χ3n) is 1.86. The summed E-state index contributed by atoms with van der Waals surface area (Å²) < 4.78 is 42.2.